The third-order valence-corrected chi connectivity index (χ3v) is 11.0. The Morgan fingerprint density at radius 2 is 1.73 bits per heavy atom. The summed E-state index contributed by atoms with van der Waals surface area (Å²) in [6.45, 7) is 7.02. The van der Waals surface area contributed by atoms with Crippen molar-refractivity contribution in [3.8, 4) is 5.75 Å². The summed E-state index contributed by atoms with van der Waals surface area (Å²) < 4.78 is 64.5. The first-order chi connectivity index (χ1) is 28.6. The predicted octanol–water partition coefficient (Wildman–Crippen LogP) is 4.79. The van der Waals surface area contributed by atoms with E-state index in [1.807, 2.05) is 11.1 Å². The number of piperidine rings is 1. The fourth-order valence-corrected chi connectivity index (χ4v) is 7.93. The zero-order valence-electron chi connectivity index (χ0n) is 33.1. The zero-order valence-corrected chi connectivity index (χ0v) is 33.1. The van der Waals surface area contributed by atoms with Crippen LogP contribution in [0.3, 0.4) is 0 Å². The van der Waals surface area contributed by atoms with Gasteiger partial charge in [-0.1, -0.05) is 6.07 Å². The summed E-state index contributed by atoms with van der Waals surface area (Å²) in [7, 11) is 1.71. The molecule has 0 saturated carbocycles. The summed E-state index contributed by atoms with van der Waals surface area (Å²) in [5.74, 6) is -1.19. The number of aromatic nitrogens is 5. The van der Waals surface area contributed by atoms with Gasteiger partial charge < -0.3 is 24.3 Å². The molecule has 4 aromatic heterocycles. The number of urea groups is 1. The van der Waals surface area contributed by atoms with Crippen molar-refractivity contribution in [2.75, 3.05) is 67.5 Å². The molecule has 3 fully saturated rings. The molecule has 0 atom stereocenters. The molecule has 3 saturated heterocycles. The number of imide groups is 1. The lowest BCUT2D eigenvalue weighted by atomic mass is 9.94. The largest absolute Gasteiger partial charge is 0.490 e. The SMILES string of the molecule is CC(C)Oc1cc2nc(C3CCN(CC(=O)N4CCN(c5cc6c(cc5F)c(N5CCC(=O)NC5=O)nn6C)CC4)CC3)cn2cc1C(=O)Nc1cccc(C(F)(F)F)n1. The van der Waals surface area contributed by atoms with Gasteiger partial charge >= 0.3 is 12.2 Å². The van der Waals surface area contributed by atoms with Crippen molar-refractivity contribution in [3.05, 3.63) is 71.6 Å². The van der Waals surface area contributed by atoms with Gasteiger partial charge in [0, 0.05) is 76.0 Å². The number of pyridine rings is 2. The highest BCUT2D eigenvalue weighted by Gasteiger charge is 2.34. The molecular weight excluding hydrogens is 791 g/mol. The Kier molecular flexibility index (Phi) is 10.8. The van der Waals surface area contributed by atoms with Crippen LogP contribution in [0.15, 0.2) is 48.8 Å². The standard InChI is InChI=1S/C40H43F4N11O5/c1-23(2)60-31-19-34-45-28(21-54(34)20-26(31)38(58)47-33-6-4-5-32(46-33)40(42,43)44)24-7-10-51(11-8-24)22-36(57)53-15-13-52(14-16-53)30-18-29-25(17-27(30)41)37(49-50(29)3)55-12-9-35(56)48-39(55)59/h4-6,17-21,23-24H,7-16,22H2,1-3H3,(H,46,47,58)(H,48,56,59). The van der Waals surface area contributed by atoms with E-state index in [0.717, 1.165) is 24.6 Å². The van der Waals surface area contributed by atoms with Crippen LogP contribution in [0.2, 0.25) is 0 Å². The number of nitrogens with one attached hydrogen (secondary N) is 2. The van der Waals surface area contributed by atoms with Crippen molar-refractivity contribution in [1.82, 2.24) is 39.3 Å². The number of halogens is 4. The highest BCUT2D eigenvalue weighted by molar-refractivity contribution is 6.09. The molecule has 60 heavy (non-hydrogen) atoms. The molecule has 7 heterocycles. The summed E-state index contributed by atoms with van der Waals surface area (Å²) in [5.41, 5.74) is 1.34. The number of anilines is 3. The molecule has 0 spiro atoms. The molecular formula is C40H43F4N11O5. The minimum Gasteiger partial charge on any atom is -0.490 e. The number of hydrogen-bond acceptors (Lipinski definition) is 10. The summed E-state index contributed by atoms with van der Waals surface area (Å²) >= 11 is 0. The molecule has 5 aromatic rings. The van der Waals surface area contributed by atoms with Crippen molar-refractivity contribution < 1.29 is 41.5 Å². The normalized spacial score (nSPS) is 17.2. The number of rotatable bonds is 9. The maximum absolute atomic E-state index is 15.6. The second-order valence-electron chi connectivity index (χ2n) is 15.5. The lowest BCUT2D eigenvalue weighted by Gasteiger charge is -2.38. The van der Waals surface area contributed by atoms with E-state index in [0.29, 0.717) is 61.5 Å². The van der Waals surface area contributed by atoms with E-state index in [9.17, 15) is 32.3 Å². The van der Waals surface area contributed by atoms with Crippen LogP contribution in [-0.2, 0) is 22.8 Å². The second kappa shape index (κ2) is 16.0. The van der Waals surface area contributed by atoms with Crippen molar-refractivity contribution in [2.24, 2.45) is 7.05 Å². The van der Waals surface area contributed by atoms with Crippen molar-refractivity contribution in [3.63, 3.8) is 0 Å². The first kappa shape index (κ1) is 40.5. The molecule has 1 aromatic carbocycles. The van der Waals surface area contributed by atoms with Crippen LogP contribution in [0.4, 0.5) is 39.7 Å². The highest BCUT2D eigenvalue weighted by atomic mass is 19.4. The third-order valence-electron chi connectivity index (χ3n) is 11.0. The number of piperazine rings is 1. The number of benzene rings is 1. The van der Waals surface area contributed by atoms with Crippen LogP contribution in [0.25, 0.3) is 16.6 Å². The Morgan fingerprint density at radius 3 is 2.43 bits per heavy atom. The third kappa shape index (κ3) is 8.27. The summed E-state index contributed by atoms with van der Waals surface area (Å²) in [6, 6.07) is 7.38. The fraction of sp³-hybridized carbons (Fsp3) is 0.425. The van der Waals surface area contributed by atoms with E-state index in [2.05, 4.69) is 25.6 Å². The first-order valence-electron chi connectivity index (χ1n) is 19.7. The van der Waals surface area contributed by atoms with Gasteiger partial charge in [-0.3, -0.25) is 34.2 Å². The Morgan fingerprint density at radius 1 is 0.983 bits per heavy atom. The second-order valence-corrected chi connectivity index (χ2v) is 15.5. The van der Waals surface area contributed by atoms with E-state index >= 15 is 4.39 Å². The minimum absolute atomic E-state index is 0.00450. The Labute approximate surface area is 341 Å². The smallest absolute Gasteiger partial charge is 0.433 e. The van der Waals surface area contributed by atoms with Crippen LogP contribution in [0.5, 0.6) is 5.75 Å². The number of amides is 5. The van der Waals surface area contributed by atoms with Gasteiger partial charge in [0.05, 0.1) is 35.1 Å². The summed E-state index contributed by atoms with van der Waals surface area (Å²) in [6.07, 6.45) is 0.0186. The molecule has 3 aliphatic rings. The van der Waals surface area contributed by atoms with Crippen LogP contribution in [-0.4, -0.2) is 116 Å². The number of likely N-dealkylation sites (tertiary alicyclic amines) is 1. The van der Waals surface area contributed by atoms with E-state index < -0.39 is 29.6 Å². The van der Waals surface area contributed by atoms with E-state index in [1.165, 1.54) is 23.1 Å². The summed E-state index contributed by atoms with van der Waals surface area (Å²) in [5, 5.41) is 9.64. The fourth-order valence-electron chi connectivity index (χ4n) is 7.93. The lowest BCUT2D eigenvalue weighted by molar-refractivity contribution is -0.141. The molecule has 8 rings (SSSR count). The number of carbonyl (C=O) groups is 4. The molecule has 20 heteroatoms. The average molecular weight is 834 g/mol. The van der Waals surface area contributed by atoms with Crippen molar-refractivity contribution in [2.45, 2.75) is 51.3 Å². The van der Waals surface area contributed by atoms with Crippen LogP contribution in [0, 0.1) is 5.82 Å². The van der Waals surface area contributed by atoms with Gasteiger partial charge in [0.1, 0.15) is 28.7 Å². The number of hydrogen-bond donors (Lipinski definition) is 2. The quantitative estimate of drug-likeness (QED) is 0.198. The monoisotopic (exact) mass is 833 g/mol. The Hall–Kier alpha value is -6.31. The van der Waals surface area contributed by atoms with Gasteiger partial charge in [-0.05, 0) is 64.0 Å². The van der Waals surface area contributed by atoms with Gasteiger partial charge in [-0.15, -0.1) is 0 Å². The van der Waals surface area contributed by atoms with Crippen LogP contribution >= 0.6 is 0 Å². The lowest BCUT2D eigenvalue weighted by Crippen LogP contribution is -2.52. The minimum atomic E-state index is -4.67. The number of ether oxygens (including phenoxy) is 1. The molecule has 3 aliphatic heterocycles. The van der Waals surface area contributed by atoms with Gasteiger partial charge in [0.25, 0.3) is 5.91 Å². The van der Waals surface area contributed by atoms with Crippen LogP contribution in [0.1, 0.15) is 60.8 Å². The number of alkyl halides is 3. The maximum atomic E-state index is 15.6. The molecule has 0 radical (unpaired) electrons. The summed E-state index contributed by atoms with van der Waals surface area (Å²) in [4.78, 5) is 66.4. The molecule has 316 valence electrons. The van der Waals surface area contributed by atoms with Crippen LogP contribution < -0.4 is 25.2 Å². The highest BCUT2D eigenvalue weighted by Crippen LogP contribution is 2.34. The number of imidazole rings is 1. The average Bonchev–Trinajstić information content (AvgIpc) is 3.76. The topological polar surface area (TPSA) is 163 Å². The molecule has 0 bridgehead atoms. The van der Waals surface area contributed by atoms with Gasteiger partial charge in [-0.2, -0.15) is 18.3 Å². The van der Waals surface area contributed by atoms with Crippen molar-refractivity contribution >= 4 is 57.6 Å². The van der Waals surface area contributed by atoms with E-state index in [1.54, 1.807) is 53.2 Å². The molecule has 5 amide bonds. The van der Waals surface area contributed by atoms with E-state index in [-0.39, 0.29) is 66.3 Å². The first-order valence-corrected chi connectivity index (χ1v) is 19.7. The number of carbonyl (C=O) groups excluding carboxylic acids is 4. The Balaban J connectivity index is 0.868. The zero-order chi connectivity index (χ0) is 42.5. The molecule has 2 N–H and O–H groups in total. The number of fused-ring (bicyclic) bond motifs is 2. The number of nitrogens with zero attached hydrogens (tertiary/aromatic N) is 9. The van der Waals surface area contributed by atoms with Gasteiger partial charge in [-0.25, -0.2) is 19.2 Å². The predicted molar refractivity (Wildman–Crippen MR) is 212 cm³/mol. The van der Waals surface area contributed by atoms with Crippen molar-refractivity contribution in [1.29, 1.82) is 0 Å². The molecule has 16 nitrogen and oxygen atoms in total. The maximum Gasteiger partial charge on any atom is 0.433 e. The number of aryl methyl sites for hydroxylation is 1. The van der Waals surface area contributed by atoms with Gasteiger partial charge in [0.15, 0.2) is 5.82 Å². The molecule has 0 aliphatic carbocycles. The Bertz CT molecular complexity index is 2490. The van der Waals surface area contributed by atoms with E-state index in [4.69, 9.17) is 9.72 Å². The van der Waals surface area contributed by atoms with Gasteiger partial charge in [0.2, 0.25) is 11.8 Å². The molecule has 0 unspecified atom stereocenters.